The van der Waals surface area contributed by atoms with E-state index in [9.17, 15) is 8.42 Å². The Morgan fingerprint density at radius 3 is 2.67 bits per heavy atom. The fraction of sp³-hybridized carbons (Fsp3) is 1.00. The van der Waals surface area contributed by atoms with Crippen LogP contribution in [0.1, 0.15) is 32.6 Å². The monoisotopic (exact) mass is 277 g/mol. The van der Waals surface area contributed by atoms with Crippen molar-refractivity contribution in [3.05, 3.63) is 0 Å². The van der Waals surface area contributed by atoms with Gasteiger partial charge >= 0.3 is 0 Å². The Morgan fingerprint density at radius 1 is 1.39 bits per heavy atom. The van der Waals surface area contributed by atoms with E-state index in [1.165, 1.54) is 0 Å². The third kappa shape index (κ3) is 6.68. The summed E-state index contributed by atoms with van der Waals surface area (Å²) in [5.74, 6) is 0.208. The van der Waals surface area contributed by atoms with Crippen LogP contribution in [0.15, 0.2) is 0 Å². The Labute approximate surface area is 111 Å². The maximum atomic E-state index is 12.0. The van der Waals surface area contributed by atoms with Crippen LogP contribution in [0.4, 0.5) is 0 Å². The van der Waals surface area contributed by atoms with Gasteiger partial charge in [0.2, 0.25) is 10.0 Å². The normalized spacial score (nSPS) is 23.2. The summed E-state index contributed by atoms with van der Waals surface area (Å²) < 4.78 is 26.7. The fourth-order valence-electron chi connectivity index (χ4n) is 2.20. The van der Waals surface area contributed by atoms with E-state index in [4.69, 9.17) is 0 Å². The quantitative estimate of drug-likeness (QED) is 0.707. The van der Waals surface area contributed by atoms with Gasteiger partial charge in [0.25, 0.3) is 0 Å². The van der Waals surface area contributed by atoms with Gasteiger partial charge in [0, 0.05) is 12.1 Å². The summed E-state index contributed by atoms with van der Waals surface area (Å²) in [7, 11) is 0.827. The first-order chi connectivity index (χ1) is 8.39. The molecule has 0 aromatic carbocycles. The van der Waals surface area contributed by atoms with Gasteiger partial charge in [-0.15, -0.1) is 0 Å². The molecule has 0 spiro atoms. The predicted molar refractivity (Wildman–Crippen MR) is 75.2 cm³/mol. The molecule has 1 rings (SSSR count). The fourth-order valence-corrected chi connectivity index (χ4v) is 3.84. The van der Waals surface area contributed by atoms with E-state index in [2.05, 4.69) is 14.9 Å². The third-order valence-electron chi connectivity index (χ3n) is 3.22. The van der Waals surface area contributed by atoms with Crippen LogP contribution in [0.5, 0.6) is 0 Å². The molecule has 0 amide bonds. The van der Waals surface area contributed by atoms with E-state index in [0.717, 1.165) is 38.8 Å². The lowest BCUT2D eigenvalue weighted by Gasteiger charge is -2.24. The number of nitrogens with zero attached hydrogens (tertiary/aromatic N) is 1. The molecule has 1 aliphatic heterocycles. The summed E-state index contributed by atoms with van der Waals surface area (Å²) in [5, 5.41) is 3.27. The van der Waals surface area contributed by atoms with Crippen LogP contribution in [-0.4, -0.2) is 58.3 Å². The molecule has 1 fully saturated rings. The molecule has 5 nitrogen and oxygen atoms in total. The molecule has 0 radical (unpaired) electrons. The summed E-state index contributed by atoms with van der Waals surface area (Å²) in [6.07, 6.45) is 4.09. The molecule has 0 aliphatic carbocycles. The first kappa shape index (κ1) is 15.9. The van der Waals surface area contributed by atoms with E-state index < -0.39 is 10.0 Å². The number of piperidine rings is 1. The van der Waals surface area contributed by atoms with Crippen molar-refractivity contribution in [2.24, 2.45) is 0 Å². The number of hydrogen-bond acceptors (Lipinski definition) is 4. The maximum Gasteiger partial charge on any atom is 0.213 e. The van der Waals surface area contributed by atoms with Gasteiger partial charge in [-0.25, -0.2) is 13.1 Å². The van der Waals surface area contributed by atoms with Gasteiger partial charge in [-0.3, -0.25) is 0 Å². The van der Waals surface area contributed by atoms with E-state index in [1.54, 1.807) is 0 Å². The molecule has 18 heavy (non-hydrogen) atoms. The second kappa shape index (κ2) is 7.43. The maximum absolute atomic E-state index is 12.0. The summed E-state index contributed by atoms with van der Waals surface area (Å²) in [4.78, 5) is 2.06. The summed E-state index contributed by atoms with van der Waals surface area (Å²) >= 11 is 0. The molecule has 0 aromatic heterocycles. The molecule has 0 aromatic rings. The highest BCUT2D eigenvalue weighted by Crippen LogP contribution is 2.09. The molecule has 0 bridgehead atoms. The third-order valence-corrected chi connectivity index (χ3v) is 4.83. The molecule has 2 atom stereocenters. The highest BCUT2D eigenvalue weighted by atomic mass is 32.2. The van der Waals surface area contributed by atoms with Crippen molar-refractivity contribution in [3.8, 4) is 0 Å². The van der Waals surface area contributed by atoms with Gasteiger partial charge in [0.1, 0.15) is 0 Å². The topological polar surface area (TPSA) is 61.4 Å². The number of sulfonamides is 1. The van der Waals surface area contributed by atoms with Gasteiger partial charge in [-0.1, -0.05) is 6.42 Å². The second-order valence-corrected chi connectivity index (χ2v) is 7.34. The van der Waals surface area contributed by atoms with E-state index in [1.807, 2.05) is 21.0 Å². The van der Waals surface area contributed by atoms with Crippen molar-refractivity contribution >= 4 is 10.0 Å². The average Bonchev–Trinajstić information content (AvgIpc) is 2.26. The van der Waals surface area contributed by atoms with Gasteiger partial charge in [0.15, 0.2) is 0 Å². The molecule has 0 saturated carbocycles. The number of hydrogen-bond donors (Lipinski definition) is 2. The van der Waals surface area contributed by atoms with E-state index in [-0.39, 0.29) is 17.8 Å². The largest absolute Gasteiger partial charge is 0.313 e. The van der Waals surface area contributed by atoms with E-state index in [0.29, 0.717) is 0 Å². The summed E-state index contributed by atoms with van der Waals surface area (Å²) in [5.41, 5.74) is 0. The number of rotatable bonds is 7. The zero-order chi connectivity index (χ0) is 13.6. The van der Waals surface area contributed by atoms with Gasteiger partial charge in [0.05, 0.1) is 5.75 Å². The van der Waals surface area contributed by atoms with Crippen LogP contribution in [0, 0.1) is 0 Å². The minimum Gasteiger partial charge on any atom is -0.313 e. The Balaban J connectivity index is 2.33. The predicted octanol–water partition coefficient (Wildman–Crippen LogP) is 0.388. The van der Waals surface area contributed by atoms with Crippen molar-refractivity contribution in [1.29, 1.82) is 0 Å². The van der Waals surface area contributed by atoms with Crippen LogP contribution in [-0.2, 0) is 10.0 Å². The Kier molecular flexibility index (Phi) is 6.55. The van der Waals surface area contributed by atoms with Crippen molar-refractivity contribution in [1.82, 2.24) is 14.9 Å². The minimum absolute atomic E-state index is 0.000917. The molecule has 1 aliphatic rings. The van der Waals surface area contributed by atoms with Crippen molar-refractivity contribution < 1.29 is 8.42 Å². The summed E-state index contributed by atoms with van der Waals surface area (Å²) in [6, 6.07) is 0.123. The smallest absolute Gasteiger partial charge is 0.213 e. The molecular formula is C12H27N3O2S. The first-order valence-corrected chi connectivity index (χ1v) is 8.42. The number of nitrogens with one attached hydrogen (secondary N) is 2. The second-order valence-electron chi connectivity index (χ2n) is 5.54. The highest BCUT2D eigenvalue weighted by molar-refractivity contribution is 7.89. The van der Waals surface area contributed by atoms with Crippen molar-refractivity contribution in [3.63, 3.8) is 0 Å². The lowest BCUT2D eigenvalue weighted by Crippen LogP contribution is -2.45. The lowest BCUT2D eigenvalue weighted by molar-refractivity contribution is 0.377. The molecule has 6 heteroatoms. The van der Waals surface area contributed by atoms with Gasteiger partial charge in [-0.2, -0.15) is 0 Å². The van der Waals surface area contributed by atoms with Crippen LogP contribution in [0.25, 0.3) is 0 Å². The molecular weight excluding hydrogens is 250 g/mol. The Morgan fingerprint density at radius 2 is 2.11 bits per heavy atom. The Bertz CT molecular complexity index is 324. The molecule has 2 unspecified atom stereocenters. The van der Waals surface area contributed by atoms with Crippen molar-refractivity contribution in [2.45, 2.75) is 44.7 Å². The van der Waals surface area contributed by atoms with Crippen LogP contribution >= 0.6 is 0 Å². The SMILES string of the molecule is CC(CCN(C)C)NS(=O)(=O)CC1CCCCN1. The molecule has 1 heterocycles. The minimum atomic E-state index is -3.16. The van der Waals surface area contributed by atoms with Crippen molar-refractivity contribution in [2.75, 3.05) is 32.9 Å². The van der Waals surface area contributed by atoms with Crippen LogP contribution in [0.3, 0.4) is 0 Å². The average molecular weight is 277 g/mol. The first-order valence-electron chi connectivity index (χ1n) is 6.77. The summed E-state index contributed by atoms with van der Waals surface area (Å²) in [6.45, 7) is 3.76. The molecule has 2 N–H and O–H groups in total. The van der Waals surface area contributed by atoms with Gasteiger partial charge < -0.3 is 10.2 Å². The zero-order valence-electron chi connectivity index (χ0n) is 11.8. The standard InChI is InChI=1S/C12H27N3O2S/c1-11(7-9-15(2)3)14-18(16,17)10-12-6-4-5-8-13-12/h11-14H,4-10H2,1-3H3. The molecule has 1 saturated heterocycles. The van der Waals surface area contributed by atoms with Crippen LogP contribution in [0.2, 0.25) is 0 Å². The zero-order valence-corrected chi connectivity index (χ0v) is 12.6. The Hall–Kier alpha value is -0.170. The lowest BCUT2D eigenvalue weighted by atomic mass is 10.1. The van der Waals surface area contributed by atoms with Crippen LogP contribution < -0.4 is 10.0 Å². The highest BCUT2D eigenvalue weighted by Gasteiger charge is 2.22. The molecule has 108 valence electrons. The van der Waals surface area contributed by atoms with E-state index >= 15 is 0 Å². The van der Waals surface area contributed by atoms with Gasteiger partial charge in [-0.05, 0) is 53.4 Å².